The maximum absolute atomic E-state index is 11.5. The first kappa shape index (κ1) is 11.5. The van der Waals surface area contributed by atoms with E-state index in [9.17, 15) is 9.90 Å². The van der Waals surface area contributed by atoms with Gasteiger partial charge in [0.15, 0.2) is 0 Å². The van der Waals surface area contributed by atoms with Gasteiger partial charge in [0.05, 0.1) is 0 Å². The van der Waals surface area contributed by atoms with Crippen LogP contribution in [0, 0.1) is 0 Å². The molecule has 0 aromatic carbocycles. The van der Waals surface area contributed by atoms with Crippen LogP contribution in [0.1, 0.15) is 33.6 Å². The third-order valence-electron chi connectivity index (χ3n) is 2.57. The van der Waals surface area contributed by atoms with E-state index in [4.69, 9.17) is 4.74 Å². The van der Waals surface area contributed by atoms with Crippen LogP contribution >= 0.6 is 0 Å². The summed E-state index contributed by atoms with van der Waals surface area (Å²) in [4.78, 5) is 11.5. The maximum Gasteiger partial charge on any atom is 0.251 e. The minimum absolute atomic E-state index is 0.227. The topological polar surface area (TPSA) is 58.6 Å². The van der Waals surface area contributed by atoms with Gasteiger partial charge in [-0.25, -0.2) is 0 Å². The molecule has 14 heavy (non-hydrogen) atoms. The van der Waals surface area contributed by atoms with Crippen LogP contribution in [0.3, 0.4) is 0 Å². The molecule has 1 rings (SSSR count). The maximum atomic E-state index is 11.5. The molecule has 0 atom stereocenters. The molecule has 4 heteroatoms. The zero-order valence-electron chi connectivity index (χ0n) is 9.09. The van der Waals surface area contributed by atoms with Gasteiger partial charge >= 0.3 is 0 Å². The lowest BCUT2D eigenvalue weighted by atomic mass is 9.91. The Morgan fingerprint density at radius 3 is 2.36 bits per heavy atom. The van der Waals surface area contributed by atoms with Crippen molar-refractivity contribution in [2.75, 3.05) is 13.2 Å². The molecular formula is C10H19NO3. The van der Waals surface area contributed by atoms with Crippen LogP contribution in [0.4, 0.5) is 0 Å². The Bertz CT molecular complexity index is 214. The van der Waals surface area contributed by atoms with E-state index in [2.05, 4.69) is 5.32 Å². The predicted octanol–water partition coefficient (Wildman–Crippen LogP) is 0.443. The fourth-order valence-corrected chi connectivity index (χ4v) is 1.37. The highest BCUT2D eigenvalue weighted by Gasteiger charge is 2.33. The van der Waals surface area contributed by atoms with Crippen molar-refractivity contribution < 1.29 is 14.6 Å². The number of carbonyl (C=O) groups is 1. The largest absolute Gasteiger partial charge is 0.381 e. The molecule has 0 spiro atoms. The summed E-state index contributed by atoms with van der Waals surface area (Å²) in [6, 6.07) is 0. The summed E-state index contributed by atoms with van der Waals surface area (Å²) >= 11 is 0. The van der Waals surface area contributed by atoms with Gasteiger partial charge < -0.3 is 15.2 Å². The molecule has 1 heterocycles. The van der Waals surface area contributed by atoms with E-state index in [1.54, 1.807) is 0 Å². The lowest BCUT2D eigenvalue weighted by Gasteiger charge is -2.36. The van der Waals surface area contributed by atoms with E-state index in [-0.39, 0.29) is 11.4 Å². The lowest BCUT2D eigenvalue weighted by Crippen LogP contribution is -2.55. The molecule has 1 aliphatic rings. The summed E-state index contributed by atoms with van der Waals surface area (Å²) in [5.41, 5.74) is -1.53. The molecule has 0 aliphatic carbocycles. The molecule has 2 N–H and O–H groups in total. The first-order chi connectivity index (χ1) is 6.33. The fraction of sp³-hybridized carbons (Fsp3) is 0.900. The van der Waals surface area contributed by atoms with Gasteiger partial charge in [0.1, 0.15) is 5.60 Å². The zero-order chi connectivity index (χ0) is 10.8. The molecule has 0 bridgehead atoms. The van der Waals surface area contributed by atoms with Gasteiger partial charge in [0, 0.05) is 18.8 Å². The Morgan fingerprint density at radius 1 is 1.43 bits per heavy atom. The van der Waals surface area contributed by atoms with Crippen molar-refractivity contribution in [3.8, 4) is 0 Å². The van der Waals surface area contributed by atoms with Crippen LogP contribution in [-0.4, -0.2) is 35.4 Å². The molecule has 0 unspecified atom stereocenters. The number of amides is 1. The summed E-state index contributed by atoms with van der Waals surface area (Å²) in [5.74, 6) is -0.318. The first-order valence-corrected chi connectivity index (χ1v) is 4.96. The molecule has 1 aliphatic heterocycles. The van der Waals surface area contributed by atoms with Gasteiger partial charge in [0.2, 0.25) is 0 Å². The van der Waals surface area contributed by atoms with Gasteiger partial charge in [-0.15, -0.1) is 0 Å². The molecule has 0 aromatic rings. The first-order valence-electron chi connectivity index (χ1n) is 4.96. The summed E-state index contributed by atoms with van der Waals surface area (Å²) in [5, 5.41) is 12.4. The second-order valence-electron chi connectivity index (χ2n) is 4.69. The molecule has 1 fully saturated rings. The molecule has 0 aromatic heterocycles. The van der Waals surface area contributed by atoms with E-state index >= 15 is 0 Å². The average Bonchev–Trinajstić information content (AvgIpc) is 2.02. The number of ether oxygens (including phenoxy) is 1. The Kier molecular flexibility index (Phi) is 3.17. The third-order valence-corrected chi connectivity index (χ3v) is 2.57. The highest BCUT2D eigenvalue weighted by molar-refractivity contribution is 5.84. The quantitative estimate of drug-likeness (QED) is 0.681. The number of aliphatic hydroxyl groups is 1. The standard InChI is InChI=1S/C10H19NO3/c1-9(2,13)8(12)11-10(3)4-6-14-7-5-10/h13H,4-7H2,1-3H3,(H,11,12). The van der Waals surface area contributed by atoms with Gasteiger partial charge in [-0.1, -0.05) is 0 Å². The second-order valence-corrected chi connectivity index (χ2v) is 4.69. The normalized spacial score (nSPS) is 21.7. The minimum Gasteiger partial charge on any atom is -0.381 e. The van der Waals surface area contributed by atoms with Crippen LogP contribution in [0.5, 0.6) is 0 Å². The number of carbonyl (C=O) groups excluding carboxylic acids is 1. The minimum atomic E-state index is -1.30. The third kappa shape index (κ3) is 2.96. The Morgan fingerprint density at radius 2 is 1.93 bits per heavy atom. The monoisotopic (exact) mass is 201 g/mol. The summed E-state index contributed by atoms with van der Waals surface area (Å²) in [6.07, 6.45) is 1.60. The number of hydrogen-bond donors (Lipinski definition) is 2. The highest BCUT2D eigenvalue weighted by Crippen LogP contribution is 2.20. The summed E-state index contributed by atoms with van der Waals surface area (Å²) < 4.78 is 5.22. The molecule has 4 nitrogen and oxygen atoms in total. The molecule has 0 radical (unpaired) electrons. The molecule has 1 amide bonds. The van der Waals surface area contributed by atoms with E-state index in [0.717, 1.165) is 12.8 Å². The molecular weight excluding hydrogens is 182 g/mol. The van der Waals surface area contributed by atoms with Crippen molar-refractivity contribution >= 4 is 5.91 Å². The van der Waals surface area contributed by atoms with Crippen molar-refractivity contribution in [3.63, 3.8) is 0 Å². The number of nitrogens with one attached hydrogen (secondary N) is 1. The van der Waals surface area contributed by atoms with E-state index in [1.807, 2.05) is 6.92 Å². The van der Waals surface area contributed by atoms with Crippen LogP contribution in [-0.2, 0) is 9.53 Å². The smallest absolute Gasteiger partial charge is 0.251 e. The van der Waals surface area contributed by atoms with E-state index < -0.39 is 5.60 Å². The Hall–Kier alpha value is -0.610. The lowest BCUT2D eigenvalue weighted by molar-refractivity contribution is -0.139. The Balaban J connectivity index is 2.54. The van der Waals surface area contributed by atoms with Crippen LogP contribution < -0.4 is 5.32 Å². The van der Waals surface area contributed by atoms with Crippen LogP contribution in [0.2, 0.25) is 0 Å². The SMILES string of the molecule is CC1(NC(=O)C(C)(C)O)CCOCC1. The van der Waals surface area contributed by atoms with Gasteiger partial charge in [0.25, 0.3) is 5.91 Å². The zero-order valence-corrected chi connectivity index (χ0v) is 9.09. The number of hydrogen-bond acceptors (Lipinski definition) is 3. The van der Waals surface area contributed by atoms with Crippen molar-refractivity contribution in [2.45, 2.75) is 44.8 Å². The molecule has 0 saturated carbocycles. The van der Waals surface area contributed by atoms with Crippen molar-refractivity contribution in [2.24, 2.45) is 0 Å². The van der Waals surface area contributed by atoms with Gasteiger partial charge in [-0.05, 0) is 33.6 Å². The summed E-state index contributed by atoms with van der Waals surface area (Å²) in [6.45, 7) is 6.31. The van der Waals surface area contributed by atoms with E-state index in [0.29, 0.717) is 13.2 Å². The van der Waals surface area contributed by atoms with Crippen LogP contribution in [0.15, 0.2) is 0 Å². The van der Waals surface area contributed by atoms with Crippen molar-refractivity contribution in [1.29, 1.82) is 0 Å². The van der Waals surface area contributed by atoms with Crippen molar-refractivity contribution in [1.82, 2.24) is 5.32 Å². The highest BCUT2D eigenvalue weighted by atomic mass is 16.5. The van der Waals surface area contributed by atoms with Crippen LogP contribution in [0.25, 0.3) is 0 Å². The Labute approximate surface area is 84.6 Å². The molecule has 82 valence electrons. The van der Waals surface area contributed by atoms with Crippen molar-refractivity contribution in [3.05, 3.63) is 0 Å². The van der Waals surface area contributed by atoms with Gasteiger partial charge in [-0.3, -0.25) is 4.79 Å². The van der Waals surface area contributed by atoms with E-state index in [1.165, 1.54) is 13.8 Å². The van der Waals surface area contributed by atoms with Gasteiger partial charge in [-0.2, -0.15) is 0 Å². The second kappa shape index (κ2) is 3.87. The average molecular weight is 201 g/mol. The summed E-state index contributed by atoms with van der Waals surface area (Å²) in [7, 11) is 0. The predicted molar refractivity (Wildman–Crippen MR) is 52.9 cm³/mol. The molecule has 1 saturated heterocycles. The fourth-order valence-electron chi connectivity index (χ4n) is 1.37. The number of rotatable bonds is 2.